The van der Waals surface area contributed by atoms with Gasteiger partial charge in [-0.05, 0) is 42.3 Å². The van der Waals surface area contributed by atoms with Crippen molar-refractivity contribution < 1.29 is 28.9 Å². The number of hydrogen-bond acceptors (Lipinski definition) is 5. The van der Waals surface area contributed by atoms with Crippen LogP contribution in [0.5, 0.6) is 11.5 Å². The minimum absolute atomic E-state index is 0.0258. The van der Waals surface area contributed by atoms with Gasteiger partial charge in [0.2, 0.25) is 0 Å². The Morgan fingerprint density at radius 3 is 2.61 bits per heavy atom. The first-order chi connectivity index (χ1) is 13.4. The molecule has 1 aliphatic rings. The highest BCUT2D eigenvalue weighted by atomic mass is 19.1. The maximum Gasteiger partial charge on any atom is 0.295 e. The molecule has 0 aromatic heterocycles. The number of aliphatic hydroxyl groups is 1. The van der Waals surface area contributed by atoms with Crippen molar-refractivity contribution in [2.75, 3.05) is 13.7 Å². The molecule has 1 fully saturated rings. The summed E-state index contributed by atoms with van der Waals surface area (Å²) in [6.07, 6.45) is 0.589. The van der Waals surface area contributed by atoms with Gasteiger partial charge in [-0.25, -0.2) is 4.39 Å². The van der Waals surface area contributed by atoms with Gasteiger partial charge in [0.25, 0.3) is 11.7 Å². The van der Waals surface area contributed by atoms with Gasteiger partial charge in [-0.1, -0.05) is 19.1 Å². The fourth-order valence-electron chi connectivity index (χ4n) is 3.40. The van der Waals surface area contributed by atoms with E-state index < -0.39 is 29.3 Å². The van der Waals surface area contributed by atoms with Crippen molar-refractivity contribution in [1.29, 1.82) is 0 Å². The summed E-state index contributed by atoms with van der Waals surface area (Å²) in [5, 5.41) is 20.7. The lowest BCUT2D eigenvalue weighted by molar-refractivity contribution is -0.139. The molecule has 2 N–H and O–H groups in total. The largest absolute Gasteiger partial charge is 0.508 e. The molecular formula is C21H20FNO5. The van der Waals surface area contributed by atoms with Gasteiger partial charge in [-0.2, -0.15) is 0 Å². The Bertz CT molecular complexity index is 969. The van der Waals surface area contributed by atoms with Crippen molar-refractivity contribution in [3.8, 4) is 11.5 Å². The molecule has 1 aliphatic heterocycles. The average Bonchev–Trinajstić information content (AvgIpc) is 2.92. The highest BCUT2D eigenvalue weighted by Gasteiger charge is 2.46. The Labute approximate surface area is 161 Å². The number of nitrogens with zero attached hydrogens (tertiary/aromatic N) is 1. The van der Waals surface area contributed by atoms with Crippen LogP contribution in [0.2, 0.25) is 0 Å². The van der Waals surface area contributed by atoms with Gasteiger partial charge in [0.1, 0.15) is 23.1 Å². The molecule has 0 aliphatic carbocycles. The molecule has 1 atom stereocenters. The lowest BCUT2D eigenvalue weighted by atomic mass is 9.94. The number of phenolic OH excluding ortho intramolecular Hbond substituents is 1. The molecule has 28 heavy (non-hydrogen) atoms. The number of phenols is 1. The smallest absolute Gasteiger partial charge is 0.295 e. The number of aliphatic hydroxyl groups excluding tert-OH is 1. The molecule has 1 amide bonds. The quantitative estimate of drug-likeness (QED) is 0.468. The van der Waals surface area contributed by atoms with Crippen LogP contribution in [-0.2, 0) is 9.59 Å². The van der Waals surface area contributed by atoms with Crippen LogP contribution in [-0.4, -0.2) is 40.5 Å². The van der Waals surface area contributed by atoms with Crippen LogP contribution in [0, 0.1) is 5.82 Å². The van der Waals surface area contributed by atoms with Gasteiger partial charge in [-0.3, -0.25) is 9.59 Å². The number of carbonyl (C=O) groups excluding carboxylic acids is 2. The third-order valence-corrected chi connectivity index (χ3v) is 4.61. The van der Waals surface area contributed by atoms with E-state index >= 15 is 0 Å². The standard InChI is InChI=1S/C21H20FNO5/c1-3-9-23-18(12-5-4-6-14(24)10-12)17(20(26)21(23)27)19(25)15-11-13(22)7-8-16(15)28-2/h4-8,10-11,18,24-25H,3,9H2,1-2H3/b19-17+. The Kier molecular flexibility index (Phi) is 5.35. The minimum atomic E-state index is -0.903. The van der Waals surface area contributed by atoms with Crippen LogP contribution in [0.1, 0.15) is 30.5 Å². The number of methoxy groups -OCH3 is 1. The predicted molar refractivity (Wildman–Crippen MR) is 100 cm³/mol. The summed E-state index contributed by atoms with van der Waals surface area (Å²) in [6, 6.07) is 8.75. The average molecular weight is 385 g/mol. The molecule has 0 bridgehead atoms. The SMILES string of the molecule is CCCN1C(=O)C(=O)/C(=C(/O)c2cc(F)ccc2OC)C1c1cccc(O)c1. The fourth-order valence-corrected chi connectivity index (χ4v) is 3.40. The summed E-state index contributed by atoms with van der Waals surface area (Å²) in [4.78, 5) is 26.7. The van der Waals surface area contributed by atoms with E-state index in [-0.39, 0.29) is 29.2 Å². The van der Waals surface area contributed by atoms with E-state index in [1.807, 2.05) is 6.92 Å². The Hall–Kier alpha value is -3.35. The van der Waals surface area contributed by atoms with E-state index in [1.165, 1.54) is 30.2 Å². The predicted octanol–water partition coefficient (Wildman–Crippen LogP) is 3.37. The van der Waals surface area contributed by atoms with Crippen molar-refractivity contribution >= 4 is 17.4 Å². The molecule has 0 saturated carbocycles. The number of amides is 1. The fraction of sp³-hybridized carbons (Fsp3) is 0.238. The number of benzene rings is 2. The van der Waals surface area contributed by atoms with Crippen molar-refractivity contribution in [1.82, 2.24) is 4.90 Å². The third kappa shape index (κ3) is 3.31. The number of likely N-dealkylation sites (tertiary alicyclic amines) is 1. The molecule has 0 radical (unpaired) electrons. The molecule has 1 heterocycles. The first kappa shape index (κ1) is 19.4. The number of Topliss-reactive ketones (excluding diaryl/α,β-unsaturated/α-hetero) is 1. The van der Waals surface area contributed by atoms with Gasteiger partial charge in [0, 0.05) is 6.54 Å². The van der Waals surface area contributed by atoms with Crippen LogP contribution in [0.25, 0.3) is 5.76 Å². The molecule has 146 valence electrons. The summed E-state index contributed by atoms with van der Waals surface area (Å²) in [5.74, 6) is -2.66. The summed E-state index contributed by atoms with van der Waals surface area (Å²) in [6.45, 7) is 2.14. The monoisotopic (exact) mass is 385 g/mol. The number of hydrogen-bond donors (Lipinski definition) is 2. The number of rotatable bonds is 5. The van der Waals surface area contributed by atoms with E-state index in [4.69, 9.17) is 4.74 Å². The molecule has 2 aromatic rings. The van der Waals surface area contributed by atoms with Gasteiger partial charge in [0.05, 0.1) is 24.3 Å². The van der Waals surface area contributed by atoms with E-state index in [0.29, 0.717) is 12.0 Å². The van der Waals surface area contributed by atoms with Crippen molar-refractivity contribution in [2.24, 2.45) is 0 Å². The minimum Gasteiger partial charge on any atom is -0.508 e. The van der Waals surface area contributed by atoms with Crippen LogP contribution < -0.4 is 4.74 Å². The zero-order valence-electron chi connectivity index (χ0n) is 15.5. The number of ketones is 1. The number of aromatic hydroxyl groups is 1. The second-order valence-corrected chi connectivity index (χ2v) is 6.43. The van der Waals surface area contributed by atoms with Crippen molar-refractivity contribution in [2.45, 2.75) is 19.4 Å². The van der Waals surface area contributed by atoms with E-state index in [2.05, 4.69) is 0 Å². The lowest BCUT2D eigenvalue weighted by Gasteiger charge is -2.25. The van der Waals surface area contributed by atoms with Crippen LogP contribution in [0.15, 0.2) is 48.0 Å². The molecule has 3 rings (SSSR count). The number of carbonyl (C=O) groups is 2. The Morgan fingerprint density at radius 2 is 1.96 bits per heavy atom. The third-order valence-electron chi connectivity index (χ3n) is 4.61. The first-order valence-corrected chi connectivity index (χ1v) is 8.80. The van der Waals surface area contributed by atoms with E-state index in [1.54, 1.807) is 12.1 Å². The highest BCUT2D eigenvalue weighted by Crippen LogP contribution is 2.41. The van der Waals surface area contributed by atoms with Crippen LogP contribution >= 0.6 is 0 Å². The normalized spacial score (nSPS) is 18.5. The topological polar surface area (TPSA) is 87.1 Å². The molecule has 1 unspecified atom stereocenters. The lowest BCUT2D eigenvalue weighted by Crippen LogP contribution is -2.30. The number of ether oxygens (including phenoxy) is 1. The molecule has 2 aromatic carbocycles. The summed E-state index contributed by atoms with van der Waals surface area (Å²) < 4.78 is 19.0. The second kappa shape index (κ2) is 7.72. The summed E-state index contributed by atoms with van der Waals surface area (Å²) >= 11 is 0. The second-order valence-electron chi connectivity index (χ2n) is 6.43. The van der Waals surface area contributed by atoms with E-state index in [9.17, 15) is 24.2 Å². The van der Waals surface area contributed by atoms with Crippen molar-refractivity contribution in [3.63, 3.8) is 0 Å². The molecule has 0 spiro atoms. The van der Waals surface area contributed by atoms with Crippen molar-refractivity contribution in [3.05, 3.63) is 65.0 Å². The van der Waals surface area contributed by atoms with E-state index in [0.717, 1.165) is 12.1 Å². The summed E-state index contributed by atoms with van der Waals surface area (Å²) in [7, 11) is 1.35. The Morgan fingerprint density at radius 1 is 1.21 bits per heavy atom. The highest BCUT2D eigenvalue weighted by molar-refractivity contribution is 6.46. The summed E-state index contributed by atoms with van der Waals surface area (Å²) in [5.41, 5.74) is 0.264. The molecule has 7 heteroatoms. The molecule has 6 nitrogen and oxygen atoms in total. The Balaban J connectivity index is 2.26. The van der Waals surface area contributed by atoms with Gasteiger partial charge in [-0.15, -0.1) is 0 Å². The molecular weight excluding hydrogens is 365 g/mol. The zero-order valence-corrected chi connectivity index (χ0v) is 15.5. The van der Waals surface area contributed by atoms with Crippen LogP contribution in [0.4, 0.5) is 4.39 Å². The van der Waals surface area contributed by atoms with Crippen LogP contribution in [0.3, 0.4) is 0 Å². The van der Waals surface area contributed by atoms with Gasteiger partial charge >= 0.3 is 0 Å². The first-order valence-electron chi connectivity index (χ1n) is 8.80. The maximum absolute atomic E-state index is 13.8. The maximum atomic E-state index is 13.8. The number of halogens is 1. The zero-order chi connectivity index (χ0) is 20.4. The van der Waals surface area contributed by atoms with Gasteiger partial charge in [0.15, 0.2) is 0 Å². The van der Waals surface area contributed by atoms with Gasteiger partial charge < -0.3 is 19.8 Å². The molecule has 1 saturated heterocycles.